The van der Waals surface area contributed by atoms with E-state index in [2.05, 4.69) is 20.5 Å². The first-order chi connectivity index (χ1) is 27.9. The zero-order valence-electron chi connectivity index (χ0n) is 32.1. The minimum Gasteiger partial charge on any atom is -0.744 e. The summed E-state index contributed by atoms with van der Waals surface area (Å²) in [6, 6.07) is 13.9. The second kappa shape index (κ2) is 18.3. The van der Waals surface area contributed by atoms with E-state index in [1.807, 2.05) is 0 Å². The summed E-state index contributed by atoms with van der Waals surface area (Å²) >= 11 is 0. The van der Waals surface area contributed by atoms with E-state index in [1.165, 1.54) is 38.5 Å². The number of hydrogen-bond acceptors (Lipinski definition) is 22. The van der Waals surface area contributed by atoms with Crippen LogP contribution in [-0.4, -0.2) is 76.3 Å². The normalized spacial score (nSPS) is 12.4. The molecule has 6 aromatic carbocycles. The molecule has 0 spiro atoms. The fraction of sp³-hybridized carbons (Fsp3) is 0.0588. The van der Waals surface area contributed by atoms with Crippen molar-refractivity contribution in [2.75, 3.05) is 25.7 Å². The van der Waals surface area contributed by atoms with Crippen molar-refractivity contribution in [3.63, 3.8) is 0 Å². The zero-order valence-corrected chi connectivity index (χ0v) is 39.4. The molecule has 0 amide bonds. The second-order valence-corrected chi connectivity index (χ2v) is 17.7. The van der Waals surface area contributed by atoms with E-state index in [9.17, 15) is 62.1 Å². The summed E-state index contributed by atoms with van der Waals surface area (Å²) in [4.78, 5) is -4.73. The number of nitrogens with zero attached hydrogens (tertiary/aromatic N) is 4. The first kappa shape index (κ1) is 50.1. The molecule has 0 heterocycles. The van der Waals surface area contributed by atoms with Crippen molar-refractivity contribution in [2.45, 2.75) is 19.6 Å². The Kier molecular flexibility index (Phi) is 14.8. The first-order valence-electron chi connectivity index (χ1n) is 16.1. The number of aromatic hydroxyl groups is 2. The Hall–Kier alpha value is -4.52. The van der Waals surface area contributed by atoms with E-state index in [0.717, 1.165) is 24.3 Å². The summed E-state index contributed by atoms with van der Waals surface area (Å²) in [5.74, 6) is -1.52. The molecule has 0 aliphatic rings. The molecule has 0 atom stereocenters. The third-order valence-electron chi connectivity index (χ3n) is 8.74. The topological polar surface area (TPSA) is 389 Å². The van der Waals surface area contributed by atoms with Gasteiger partial charge in [0.1, 0.15) is 74.7 Å². The van der Waals surface area contributed by atoms with E-state index >= 15 is 0 Å². The van der Waals surface area contributed by atoms with Gasteiger partial charge in [-0.1, -0.05) is 24.3 Å². The third-order valence-corrected chi connectivity index (χ3v) is 12.2. The number of nitrogen functional groups attached to an aromatic ring is 2. The summed E-state index contributed by atoms with van der Waals surface area (Å²) in [5, 5.41) is 35.7. The van der Waals surface area contributed by atoms with Crippen molar-refractivity contribution >= 4 is 96.1 Å². The number of hydrogen-bond donors (Lipinski definition) is 4. The van der Waals surface area contributed by atoms with Crippen LogP contribution >= 0.6 is 0 Å². The fourth-order valence-electron chi connectivity index (χ4n) is 6.00. The minimum atomic E-state index is -5.41. The molecule has 0 radical (unpaired) electrons. The van der Waals surface area contributed by atoms with E-state index in [4.69, 9.17) is 20.9 Å². The number of phenols is 2. The molecule has 6 aromatic rings. The average Bonchev–Trinajstić information content (AvgIpc) is 3.15. The maximum atomic E-state index is 11.9. The van der Waals surface area contributed by atoms with Crippen molar-refractivity contribution in [2.24, 2.45) is 20.5 Å². The maximum Gasteiger partial charge on any atom is 1.00 e. The van der Waals surface area contributed by atoms with Gasteiger partial charge >= 0.3 is 59.1 Å². The predicted molar refractivity (Wildman–Crippen MR) is 205 cm³/mol. The maximum absolute atomic E-state index is 11.9. The van der Waals surface area contributed by atoms with Crippen LogP contribution in [0.1, 0.15) is 0 Å². The zero-order chi connectivity index (χ0) is 44.3. The summed E-state index contributed by atoms with van der Waals surface area (Å²) < 4.78 is 153. The van der Waals surface area contributed by atoms with Crippen LogP contribution in [0.3, 0.4) is 0 Å². The molecule has 0 saturated carbocycles. The van der Waals surface area contributed by atoms with Gasteiger partial charge in [0.05, 0.1) is 55.9 Å². The van der Waals surface area contributed by atoms with Gasteiger partial charge < -0.3 is 49.4 Å². The Balaban J connectivity index is 0.00000422. The SMILES string of the molecule is COc1cc(-c2ccc(N=Nc3ccc4c(S(=O)(=O)[O-])cc(S(=O)(=O)[O-])c(N)c4c3O)c(OC)c2)ccc1N=Nc1ccc2c(S(=O)(=O)[O-])cc(S(=O)(=O)[O-])c(N)c2c1O.[Na+].[Na+]. The number of methoxy groups -OCH3 is 2. The van der Waals surface area contributed by atoms with Crippen LogP contribution in [-0.2, 0) is 40.5 Å². The standard InChI is InChI=1S/C34H28N6O16S4.2Na/c1-55-23-11-15(3-7-19(23)37-39-21-9-5-17-25(57(43,44)45)13-27(59(49,50)51)31(35)29(17)33(21)41)16-4-8-20(24(12-16)56-2)38-40-22-10-6-18-26(58(46,47)48)14-28(60(52,53)54)32(36)30(18)34(22)42;;/h3-14,41-42H,35-36H2,1-2H3,(H,43,44,45)(H,46,47,48)(H,49,50,51)(H,52,53,54);;/q;2*+1/p-4. The Morgan fingerprint density at radius 1 is 0.468 bits per heavy atom. The van der Waals surface area contributed by atoms with Crippen LogP contribution in [0.25, 0.3) is 32.7 Å². The summed E-state index contributed by atoms with van der Waals surface area (Å²) in [7, 11) is -18.9. The van der Waals surface area contributed by atoms with Gasteiger partial charge in [-0.15, -0.1) is 20.5 Å². The molecular weight excluding hydrogens is 923 g/mol. The fourth-order valence-corrected chi connectivity index (χ4v) is 8.82. The van der Waals surface area contributed by atoms with Crippen LogP contribution in [0.15, 0.2) is 113 Å². The van der Waals surface area contributed by atoms with Crippen LogP contribution in [0.2, 0.25) is 0 Å². The minimum absolute atomic E-state index is 0. The molecule has 314 valence electrons. The van der Waals surface area contributed by atoms with Crippen LogP contribution in [0.5, 0.6) is 23.0 Å². The monoisotopic (exact) mass is 946 g/mol. The summed E-state index contributed by atoms with van der Waals surface area (Å²) in [6.07, 6.45) is 0. The number of anilines is 2. The molecular formula is C34H24N6Na2O16S4-2. The van der Waals surface area contributed by atoms with Crippen molar-refractivity contribution in [1.82, 2.24) is 0 Å². The first-order valence-corrected chi connectivity index (χ1v) is 21.7. The van der Waals surface area contributed by atoms with Gasteiger partial charge in [-0.3, -0.25) is 0 Å². The molecule has 6 rings (SSSR count). The molecule has 0 unspecified atom stereocenters. The number of benzene rings is 6. The Bertz CT molecular complexity index is 3130. The van der Waals surface area contributed by atoms with Crippen LogP contribution in [0, 0.1) is 0 Å². The second-order valence-electron chi connectivity index (χ2n) is 12.3. The van der Waals surface area contributed by atoms with E-state index in [1.54, 1.807) is 12.1 Å². The molecule has 28 heteroatoms. The van der Waals surface area contributed by atoms with Gasteiger partial charge in [-0.25, -0.2) is 33.7 Å². The number of phenolic OH excluding ortho intramolecular Hbond substituents is 2. The third kappa shape index (κ3) is 9.82. The smallest absolute Gasteiger partial charge is 0.744 e. The molecule has 6 N–H and O–H groups in total. The molecule has 0 aromatic heterocycles. The van der Waals surface area contributed by atoms with Crippen LogP contribution < -0.4 is 80.1 Å². The molecule has 0 aliphatic carbocycles. The van der Waals surface area contributed by atoms with Crippen LogP contribution in [0.4, 0.5) is 34.1 Å². The van der Waals surface area contributed by atoms with E-state index in [0.29, 0.717) is 23.3 Å². The van der Waals surface area contributed by atoms with Crippen molar-refractivity contribution < 1.29 is 131 Å². The van der Waals surface area contributed by atoms with Gasteiger partial charge in [0, 0.05) is 10.8 Å². The van der Waals surface area contributed by atoms with Gasteiger partial charge in [0.2, 0.25) is 0 Å². The number of ether oxygens (including phenoxy) is 2. The van der Waals surface area contributed by atoms with Gasteiger partial charge in [-0.2, -0.15) is 0 Å². The number of nitrogens with two attached hydrogens (primary N) is 2. The van der Waals surface area contributed by atoms with E-state index < -0.39 is 104 Å². The Morgan fingerprint density at radius 3 is 1.05 bits per heavy atom. The molecule has 0 saturated heterocycles. The van der Waals surface area contributed by atoms with Crippen molar-refractivity contribution in [1.29, 1.82) is 0 Å². The molecule has 0 bridgehead atoms. The Labute approximate surface area is 395 Å². The number of rotatable bonds is 11. The molecule has 22 nitrogen and oxygen atoms in total. The van der Waals surface area contributed by atoms with Crippen molar-refractivity contribution in [3.05, 3.63) is 72.8 Å². The summed E-state index contributed by atoms with van der Waals surface area (Å²) in [5.41, 5.74) is 10.5. The molecule has 0 fully saturated rings. The number of fused-ring (bicyclic) bond motifs is 2. The van der Waals surface area contributed by atoms with Gasteiger partial charge in [0.15, 0.2) is 11.5 Å². The largest absolute Gasteiger partial charge is 1.00 e. The number of azo groups is 2. The molecule has 0 aliphatic heterocycles. The molecule has 62 heavy (non-hydrogen) atoms. The van der Waals surface area contributed by atoms with Gasteiger partial charge in [0.25, 0.3) is 0 Å². The average molecular weight is 947 g/mol. The Morgan fingerprint density at radius 2 is 0.758 bits per heavy atom. The van der Waals surface area contributed by atoms with Crippen molar-refractivity contribution in [3.8, 4) is 34.1 Å². The summed E-state index contributed by atoms with van der Waals surface area (Å²) in [6.45, 7) is 0. The quantitative estimate of drug-likeness (QED) is 0.0508. The van der Waals surface area contributed by atoms with E-state index in [-0.39, 0.29) is 93.4 Å². The predicted octanol–water partition coefficient (Wildman–Crippen LogP) is -1.29. The van der Waals surface area contributed by atoms with Gasteiger partial charge in [-0.05, 0) is 59.7 Å².